The van der Waals surface area contributed by atoms with Crippen molar-refractivity contribution in [1.82, 2.24) is 20.1 Å². The van der Waals surface area contributed by atoms with Crippen LogP contribution >= 0.6 is 0 Å². The van der Waals surface area contributed by atoms with Gasteiger partial charge >= 0.3 is 0 Å². The van der Waals surface area contributed by atoms with Gasteiger partial charge in [-0.3, -0.25) is 4.98 Å². The largest absolute Gasteiger partial charge is 0.474 e. The summed E-state index contributed by atoms with van der Waals surface area (Å²) in [5, 5.41) is 4.88. The first-order chi connectivity index (χ1) is 14.3. The zero-order valence-corrected chi connectivity index (χ0v) is 16.6. The molecule has 29 heavy (non-hydrogen) atoms. The van der Waals surface area contributed by atoms with Crippen LogP contribution in [0.3, 0.4) is 0 Å². The normalized spacial score (nSPS) is 22.7. The van der Waals surface area contributed by atoms with Gasteiger partial charge in [0.25, 0.3) is 0 Å². The van der Waals surface area contributed by atoms with Gasteiger partial charge in [0.2, 0.25) is 11.8 Å². The summed E-state index contributed by atoms with van der Waals surface area (Å²) in [7, 11) is 0. The lowest BCUT2D eigenvalue weighted by Crippen LogP contribution is -2.36. The number of nitrogens with zero attached hydrogens (tertiary/aromatic N) is 5. The maximum absolute atomic E-state index is 6.41. The number of hydrogen-bond acceptors (Lipinski definition) is 8. The zero-order chi connectivity index (χ0) is 19.6. The number of aromatic nitrogens is 4. The fraction of sp³-hybridized carbons (Fsp3) is 0.524. The van der Waals surface area contributed by atoms with Crippen molar-refractivity contribution < 1.29 is 14.0 Å². The van der Waals surface area contributed by atoms with E-state index in [2.05, 4.69) is 20.0 Å². The predicted molar refractivity (Wildman–Crippen MR) is 107 cm³/mol. The SMILES string of the molecule is Cc1noc([C@H]2CC[C@@H](Oc3nc(N4CCOCC4)cc4ncccc34)CC2)n1. The molecule has 0 atom stereocenters. The molecule has 0 amide bonds. The van der Waals surface area contributed by atoms with Crippen molar-refractivity contribution in [3.63, 3.8) is 0 Å². The minimum absolute atomic E-state index is 0.131. The number of rotatable bonds is 4. The Hall–Kier alpha value is -2.74. The predicted octanol–water partition coefficient (Wildman–Crippen LogP) is 3.26. The summed E-state index contributed by atoms with van der Waals surface area (Å²) in [5.74, 6) is 3.35. The van der Waals surface area contributed by atoms with Crippen molar-refractivity contribution in [3.8, 4) is 5.88 Å². The maximum atomic E-state index is 6.41. The number of aryl methyl sites for hydroxylation is 1. The molecule has 1 saturated heterocycles. The molecule has 0 aromatic carbocycles. The first-order valence-corrected chi connectivity index (χ1v) is 10.3. The molecule has 0 spiro atoms. The van der Waals surface area contributed by atoms with Crippen LogP contribution < -0.4 is 9.64 Å². The monoisotopic (exact) mass is 395 g/mol. The van der Waals surface area contributed by atoms with Crippen molar-refractivity contribution in [2.24, 2.45) is 0 Å². The van der Waals surface area contributed by atoms with Crippen LogP contribution in [0.15, 0.2) is 28.9 Å². The third-order valence-electron chi connectivity index (χ3n) is 5.73. The number of hydrogen-bond donors (Lipinski definition) is 0. The molecule has 3 aromatic heterocycles. The Labute approximate surface area is 169 Å². The Morgan fingerprint density at radius 1 is 1.10 bits per heavy atom. The van der Waals surface area contributed by atoms with Crippen LogP contribution in [0.2, 0.25) is 0 Å². The number of ether oxygens (including phenoxy) is 2. The molecule has 2 fully saturated rings. The first-order valence-electron chi connectivity index (χ1n) is 10.3. The van der Waals surface area contributed by atoms with Crippen molar-refractivity contribution in [2.75, 3.05) is 31.2 Å². The van der Waals surface area contributed by atoms with Crippen molar-refractivity contribution in [1.29, 1.82) is 0 Å². The van der Waals surface area contributed by atoms with E-state index in [9.17, 15) is 0 Å². The summed E-state index contributed by atoms with van der Waals surface area (Å²) in [6.45, 7) is 4.96. The van der Waals surface area contributed by atoms with E-state index in [4.69, 9.17) is 19.0 Å². The van der Waals surface area contributed by atoms with Gasteiger partial charge in [-0.15, -0.1) is 0 Å². The van der Waals surface area contributed by atoms with Gasteiger partial charge in [0.1, 0.15) is 11.9 Å². The quantitative estimate of drug-likeness (QED) is 0.665. The zero-order valence-electron chi connectivity index (χ0n) is 16.6. The smallest absolute Gasteiger partial charge is 0.229 e. The lowest BCUT2D eigenvalue weighted by molar-refractivity contribution is 0.121. The number of morpholine rings is 1. The highest BCUT2D eigenvalue weighted by Crippen LogP contribution is 2.35. The average Bonchev–Trinajstić information content (AvgIpc) is 3.21. The second kappa shape index (κ2) is 7.94. The third-order valence-corrected chi connectivity index (χ3v) is 5.73. The van der Waals surface area contributed by atoms with E-state index < -0.39 is 0 Å². The molecule has 0 bridgehead atoms. The van der Waals surface area contributed by atoms with Gasteiger partial charge in [0, 0.05) is 31.3 Å². The Morgan fingerprint density at radius 3 is 2.69 bits per heavy atom. The Morgan fingerprint density at radius 2 is 1.93 bits per heavy atom. The van der Waals surface area contributed by atoms with E-state index in [0.29, 0.717) is 17.6 Å². The molecule has 5 rings (SSSR count). The average molecular weight is 395 g/mol. The highest BCUT2D eigenvalue weighted by molar-refractivity contribution is 5.85. The van der Waals surface area contributed by atoms with Gasteiger partial charge in [-0.1, -0.05) is 5.16 Å². The van der Waals surface area contributed by atoms with Crippen molar-refractivity contribution in [3.05, 3.63) is 36.1 Å². The minimum atomic E-state index is 0.131. The Balaban J connectivity index is 1.34. The molecule has 2 aliphatic rings. The van der Waals surface area contributed by atoms with Crippen LogP contribution in [0, 0.1) is 6.92 Å². The molecule has 4 heterocycles. The standard InChI is InChI=1S/C21H25N5O3/c1-14-23-20(29-25-14)15-4-6-16(7-5-15)28-21-17-3-2-8-22-18(17)13-19(24-21)26-9-11-27-12-10-26/h2-3,8,13,15-16H,4-7,9-12H2,1H3/t15-,16+. The Kier molecular flexibility index (Phi) is 5.01. The van der Waals surface area contributed by atoms with Crippen molar-refractivity contribution in [2.45, 2.75) is 44.6 Å². The second-order valence-electron chi connectivity index (χ2n) is 7.73. The van der Waals surface area contributed by atoms with Crippen LogP contribution in [-0.2, 0) is 4.74 Å². The molecule has 0 N–H and O–H groups in total. The summed E-state index contributed by atoms with van der Waals surface area (Å²) in [6, 6.07) is 6.00. The van der Waals surface area contributed by atoms with Crippen LogP contribution in [0.25, 0.3) is 10.9 Å². The van der Waals surface area contributed by atoms with Crippen LogP contribution in [0.1, 0.15) is 43.3 Å². The molecule has 1 aliphatic carbocycles. The lowest BCUT2D eigenvalue weighted by atomic mass is 9.87. The summed E-state index contributed by atoms with van der Waals surface area (Å²) >= 11 is 0. The fourth-order valence-corrected chi connectivity index (χ4v) is 4.14. The molecule has 1 aliphatic heterocycles. The molecule has 8 heteroatoms. The topological polar surface area (TPSA) is 86.4 Å². The van der Waals surface area contributed by atoms with Gasteiger partial charge in [0.05, 0.1) is 24.1 Å². The highest BCUT2D eigenvalue weighted by atomic mass is 16.5. The minimum Gasteiger partial charge on any atom is -0.474 e. The van der Waals surface area contributed by atoms with E-state index in [-0.39, 0.29) is 6.10 Å². The Bertz CT molecular complexity index is 977. The summed E-state index contributed by atoms with van der Waals surface area (Å²) in [6.07, 6.45) is 5.78. The summed E-state index contributed by atoms with van der Waals surface area (Å²) in [5.41, 5.74) is 0.911. The lowest BCUT2D eigenvalue weighted by Gasteiger charge is -2.30. The molecule has 3 aromatic rings. The first kappa shape index (κ1) is 18.3. The van der Waals surface area contributed by atoms with E-state index in [1.807, 2.05) is 31.3 Å². The molecule has 8 nitrogen and oxygen atoms in total. The van der Waals surface area contributed by atoms with Gasteiger partial charge in [-0.25, -0.2) is 0 Å². The van der Waals surface area contributed by atoms with Crippen LogP contribution in [0.4, 0.5) is 5.82 Å². The third kappa shape index (κ3) is 3.89. The van der Waals surface area contributed by atoms with Crippen molar-refractivity contribution >= 4 is 16.7 Å². The van der Waals surface area contributed by atoms with Gasteiger partial charge in [0.15, 0.2) is 5.82 Å². The molecule has 1 saturated carbocycles. The number of pyridine rings is 2. The van der Waals surface area contributed by atoms with Crippen LogP contribution in [0.5, 0.6) is 5.88 Å². The number of fused-ring (bicyclic) bond motifs is 1. The highest BCUT2D eigenvalue weighted by Gasteiger charge is 2.28. The molecule has 152 valence electrons. The maximum Gasteiger partial charge on any atom is 0.229 e. The van der Waals surface area contributed by atoms with Gasteiger partial charge in [-0.2, -0.15) is 9.97 Å². The molecular formula is C21H25N5O3. The van der Waals surface area contributed by atoms with E-state index in [1.165, 1.54) is 0 Å². The summed E-state index contributed by atoms with van der Waals surface area (Å²) in [4.78, 5) is 16.0. The summed E-state index contributed by atoms with van der Waals surface area (Å²) < 4.78 is 17.2. The van der Waals surface area contributed by atoms with E-state index in [1.54, 1.807) is 0 Å². The molecule has 0 radical (unpaired) electrons. The second-order valence-corrected chi connectivity index (χ2v) is 7.73. The van der Waals surface area contributed by atoms with Gasteiger partial charge in [-0.05, 0) is 44.7 Å². The van der Waals surface area contributed by atoms with E-state index in [0.717, 1.165) is 74.6 Å². The molecule has 0 unspecified atom stereocenters. The fourth-order valence-electron chi connectivity index (χ4n) is 4.14. The molecular weight excluding hydrogens is 370 g/mol. The van der Waals surface area contributed by atoms with E-state index >= 15 is 0 Å². The van der Waals surface area contributed by atoms with Crippen LogP contribution in [-0.4, -0.2) is 52.5 Å². The van der Waals surface area contributed by atoms with Gasteiger partial charge < -0.3 is 18.9 Å². The number of anilines is 1.